The van der Waals surface area contributed by atoms with Gasteiger partial charge in [0.2, 0.25) is 0 Å². The molecule has 0 aliphatic rings. The summed E-state index contributed by atoms with van der Waals surface area (Å²) in [5, 5.41) is 13.0. The second kappa shape index (κ2) is 7.51. The Balaban J connectivity index is 2.72. The molecule has 0 aliphatic carbocycles. The van der Waals surface area contributed by atoms with Crippen LogP contribution in [0.2, 0.25) is 0 Å². The normalized spacial score (nSPS) is 11.8. The third-order valence-corrected chi connectivity index (χ3v) is 2.71. The van der Waals surface area contributed by atoms with Crippen molar-refractivity contribution < 1.29 is 27.9 Å². The molecule has 1 atom stereocenters. The van der Waals surface area contributed by atoms with Crippen LogP contribution in [-0.4, -0.2) is 23.1 Å². The van der Waals surface area contributed by atoms with Gasteiger partial charge in [0.1, 0.15) is 11.9 Å². The number of carboxylic acids is 1. The molecule has 0 saturated carbocycles. The molecule has 21 heavy (non-hydrogen) atoms. The molecule has 3 N–H and O–H groups in total. The number of carboxylic acid groups (broad SMARTS) is 1. The number of carbonyl (C=O) groups excluding carboxylic acids is 1. The Bertz CT molecular complexity index is 538. The predicted octanol–water partition coefficient (Wildman–Crippen LogP) is 2.87. The third-order valence-electron chi connectivity index (χ3n) is 2.71. The molecule has 0 unspecified atom stereocenters. The van der Waals surface area contributed by atoms with Gasteiger partial charge in [-0.25, -0.2) is 22.8 Å². The van der Waals surface area contributed by atoms with Crippen LogP contribution in [0.5, 0.6) is 0 Å². The highest BCUT2D eigenvalue weighted by Crippen LogP contribution is 2.18. The highest BCUT2D eigenvalue weighted by molar-refractivity contribution is 5.92. The Morgan fingerprint density at radius 3 is 2.38 bits per heavy atom. The van der Waals surface area contributed by atoms with Crippen LogP contribution in [0, 0.1) is 17.5 Å². The molecular formula is C13H15F3N2O3. The quantitative estimate of drug-likeness (QED) is 0.707. The Hall–Kier alpha value is -2.25. The van der Waals surface area contributed by atoms with E-state index in [2.05, 4.69) is 5.32 Å². The minimum atomic E-state index is -1.38. The summed E-state index contributed by atoms with van der Waals surface area (Å²) in [5.74, 6) is -5.11. The molecule has 0 fully saturated rings. The van der Waals surface area contributed by atoms with E-state index in [0.717, 1.165) is 6.42 Å². The first-order valence-electron chi connectivity index (χ1n) is 6.30. The summed E-state index contributed by atoms with van der Waals surface area (Å²) in [7, 11) is 0. The van der Waals surface area contributed by atoms with Crippen LogP contribution < -0.4 is 10.6 Å². The van der Waals surface area contributed by atoms with Crippen LogP contribution in [0.1, 0.15) is 26.2 Å². The number of rotatable bonds is 6. The predicted molar refractivity (Wildman–Crippen MR) is 69.4 cm³/mol. The lowest BCUT2D eigenvalue weighted by Gasteiger charge is -2.15. The van der Waals surface area contributed by atoms with E-state index in [9.17, 15) is 22.8 Å². The molecule has 0 aliphatic heterocycles. The van der Waals surface area contributed by atoms with Gasteiger partial charge in [0, 0.05) is 12.1 Å². The highest BCUT2D eigenvalue weighted by atomic mass is 19.2. The SMILES string of the molecule is CCCC[C@H](NC(=O)Nc1cc(F)c(F)cc1F)C(=O)O. The zero-order valence-corrected chi connectivity index (χ0v) is 11.3. The van der Waals surface area contributed by atoms with Crippen molar-refractivity contribution in [3.63, 3.8) is 0 Å². The summed E-state index contributed by atoms with van der Waals surface area (Å²) in [6.45, 7) is 1.86. The number of hydrogen-bond acceptors (Lipinski definition) is 2. The fraction of sp³-hybridized carbons (Fsp3) is 0.385. The zero-order valence-electron chi connectivity index (χ0n) is 11.3. The number of aliphatic carboxylic acids is 1. The van der Waals surface area contributed by atoms with Gasteiger partial charge < -0.3 is 15.7 Å². The average Bonchev–Trinajstić information content (AvgIpc) is 2.40. The monoisotopic (exact) mass is 304 g/mol. The number of nitrogens with one attached hydrogen (secondary N) is 2. The van der Waals surface area contributed by atoms with Gasteiger partial charge in [0.05, 0.1) is 5.69 Å². The van der Waals surface area contributed by atoms with Crippen LogP contribution in [0.3, 0.4) is 0 Å². The van der Waals surface area contributed by atoms with Crippen molar-refractivity contribution in [1.29, 1.82) is 0 Å². The number of halogens is 3. The lowest BCUT2D eigenvalue weighted by atomic mass is 10.1. The number of carbonyl (C=O) groups is 2. The first-order chi connectivity index (χ1) is 9.85. The van der Waals surface area contributed by atoms with Crippen molar-refractivity contribution in [3.05, 3.63) is 29.6 Å². The number of unbranched alkanes of at least 4 members (excludes halogenated alkanes) is 1. The maximum absolute atomic E-state index is 13.3. The van der Waals surface area contributed by atoms with Crippen LogP contribution >= 0.6 is 0 Å². The Morgan fingerprint density at radius 1 is 1.19 bits per heavy atom. The van der Waals surface area contributed by atoms with Gasteiger partial charge in [0.15, 0.2) is 11.6 Å². The summed E-state index contributed by atoms with van der Waals surface area (Å²) in [4.78, 5) is 22.5. The van der Waals surface area contributed by atoms with Crippen LogP contribution in [0.4, 0.5) is 23.7 Å². The molecule has 8 heteroatoms. The Kier molecular flexibility index (Phi) is 6.01. The summed E-state index contributed by atoms with van der Waals surface area (Å²) in [6.07, 6.45) is 1.53. The minimum absolute atomic E-state index is 0.208. The standard InChI is InChI=1S/C13H15F3N2O3/c1-2-3-4-10(12(19)20)17-13(21)18-11-6-8(15)7(14)5-9(11)16/h5-6,10H,2-4H2,1H3,(H,19,20)(H2,17,18,21)/t10-/m0/s1. The van der Waals surface area contributed by atoms with Crippen molar-refractivity contribution in [3.8, 4) is 0 Å². The first-order valence-corrected chi connectivity index (χ1v) is 6.30. The maximum atomic E-state index is 13.3. The molecule has 0 saturated heterocycles. The number of anilines is 1. The summed E-state index contributed by atoms with van der Waals surface area (Å²) < 4.78 is 39.0. The van der Waals surface area contributed by atoms with E-state index in [-0.39, 0.29) is 12.5 Å². The molecule has 116 valence electrons. The van der Waals surface area contributed by atoms with Gasteiger partial charge in [-0.1, -0.05) is 19.8 Å². The van der Waals surface area contributed by atoms with E-state index in [1.165, 1.54) is 0 Å². The first kappa shape index (κ1) is 16.8. The molecule has 1 aromatic rings. The number of urea groups is 1. The highest BCUT2D eigenvalue weighted by Gasteiger charge is 2.20. The van der Waals surface area contributed by atoms with Gasteiger partial charge in [-0.15, -0.1) is 0 Å². The van der Waals surface area contributed by atoms with Gasteiger partial charge in [0.25, 0.3) is 0 Å². The largest absolute Gasteiger partial charge is 0.480 e. The van der Waals surface area contributed by atoms with E-state index in [1.807, 2.05) is 12.2 Å². The zero-order chi connectivity index (χ0) is 16.0. The third kappa shape index (κ3) is 4.97. The van der Waals surface area contributed by atoms with E-state index in [4.69, 9.17) is 5.11 Å². The molecular weight excluding hydrogens is 289 g/mol. The molecule has 0 spiro atoms. The van der Waals surface area contributed by atoms with Crippen molar-refractivity contribution >= 4 is 17.7 Å². The molecule has 0 radical (unpaired) electrons. The topological polar surface area (TPSA) is 78.4 Å². The van der Waals surface area contributed by atoms with Crippen molar-refractivity contribution in [2.45, 2.75) is 32.2 Å². The molecule has 0 aromatic heterocycles. The Labute approximate surface area is 119 Å². The summed E-state index contributed by atoms with van der Waals surface area (Å²) in [6, 6.07) is -1.38. The lowest BCUT2D eigenvalue weighted by Crippen LogP contribution is -2.43. The van der Waals surface area contributed by atoms with Gasteiger partial charge in [-0.3, -0.25) is 0 Å². The summed E-state index contributed by atoms with van der Waals surface area (Å²) >= 11 is 0. The second-order valence-corrected chi connectivity index (χ2v) is 4.38. The fourth-order valence-corrected chi connectivity index (χ4v) is 1.60. The van der Waals surface area contributed by atoms with Crippen LogP contribution in [-0.2, 0) is 4.79 Å². The molecule has 5 nitrogen and oxygen atoms in total. The Morgan fingerprint density at radius 2 is 1.81 bits per heavy atom. The molecule has 1 rings (SSSR count). The summed E-state index contributed by atoms with van der Waals surface area (Å²) in [5.41, 5.74) is -0.578. The number of benzene rings is 1. The van der Waals surface area contributed by atoms with Gasteiger partial charge >= 0.3 is 12.0 Å². The smallest absolute Gasteiger partial charge is 0.326 e. The van der Waals surface area contributed by atoms with Crippen molar-refractivity contribution in [2.24, 2.45) is 0 Å². The van der Waals surface area contributed by atoms with Crippen molar-refractivity contribution in [1.82, 2.24) is 5.32 Å². The van der Waals surface area contributed by atoms with Gasteiger partial charge in [-0.2, -0.15) is 0 Å². The molecule has 0 heterocycles. The van der Waals surface area contributed by atoms with Crippen molar-refractivity contribution in [2.75, 3.05) is 5.32 Å². The van der Waals surface area contributed by atoms with E-state index in [1.54, 1.807) is 0 Å². The van der Waals surface area contributed by atoms with E-state index in [0.29, 0.717) is 12.5 Å². The average molecular weight is 304 g/mol. The molecule has 2 amide bonds. The number of amides is 2. The lowest BCUT2D eigenvalue weighted by molar-refractivity contribution is -0.139. The second-order valence-electron chi connectivity index (χ2n) is 4.38. The van der Waals surface area contributed by atoms with Gasteiger partial charge in [-0.05, 0) is 6.42 Å². The minimum Gasteiger partial charge on any atom is -0.480 e. The molecule has 0 bridgehead atoms. The van der Waals surface area contributed by atoms with E-state index >= 15 is 0 Å². The molecule has 1 aromatic carbocycles. The van der Waals surface area contributed by atoms with Crippen LogP contribution in [0.15, 0.2) is 12.1 Å². The van der Waals surface area contributed by atoms with E-state index < -0.39 is 41.2 Å². The maximum Gasteiger partial charge on any atom is 0.326 e. The fourth-order valence-electron chi connectivity index (χ4n) is 1.60. The van der Waals surface area contributed by atoms with Crippen LogP contribution in [0.25, 0.3) is 0 Å². The number of hydrogen-bond donors (Lipinski definition) is 3.